The lowest BCUT2D eigenvalue weighted by molar-refractivity contribution is 0.619. The van der Waals surface area contributed by atoms with Crippen LogP contribution in [0.2, 0.25) is 0 Å². The van der Waals surface area contributed by atoms with Crippen molar-refractivity contribution >= 4 is 43.4 Å². The van der Waals surface area contributed by atoms with E-state index in [0.29, 0.717) is 0 Å². The molecule has 0 atom stereocenters. The summed E-state index contributed by atoms with van der Waals surface area (Å²) in [7, 11) is 0. The van der Waals surface area contributed by atoms with E-state index in [1.165, 1.54) is 76.9 Å². The zero-order valence-electron chi connectivity index (χ0n) is 25.2. The molecule has 1 aliphatic rings. The van der Waals surface area contributed by atoms with E-state index >= 15 is 0 Å². The summed E-state index contributed by atoms with van der Waals surface area (Å²) in [6.07, 6.45) is 1.92. The molecule has 0 radical (unpaired) electrons. The normalized spacial score (nSPS) is 12.6. The van der Waals surface area contributed by atoms with Crippen molar-refractivity contribution in [2.75, 3.05) is 0 Å². The number of hydrogen-bond acceptors (Lipinski definition) is 1. The number of hydrogen-bond donors (Lipinski definition) is 0. The van der Waals surface area contributed by atoms with Crippen LogP contribution >= 0.6 is 0 Å². The largest absolute Gasteiger partial charge is 0.454 e. The first-order valence-electron chi connectivity index (χ1n) is 16.1. The molecule has 2 nitrogen and oxygen atoms in total. The van der Waals surface area contributed by atoms with E-state index in [4.69, 9.17) is 4.42 Å². The lowest BCUT2D eigenvalue weighted by Crippen LogP contribution is -2.05. The van der Waals surface area contributed by atoms with Crippen LogP contribution in [0.15, 0.2) is 156 Å². The molecule has 2 heterocycles. The van der Waals surface area contributed by atoms with Gasteiger partial charge in [-0.3, -0.25) is 0 Å². The molecule has 0 amide bonds. The highest BCUT2D eigenvalue weighted by Gasteiger charge is 2.31. The fourth-order valence-corrected chi connectivity index (χ4v) is 7.87. The maximum absolute atomic E-state index is 7.14. The zero-order chi connectivity index (χ0) is 30.2. The smallest absolute Gasteiger partial charge is 0.155 e. The van der Waals surface area contributed by atoms with Crippen LogP contribution in [0.4, 0.5) is 0 Å². The number of aromatic nitrogens is 1. The van der Waals surface area contributed by atoms with Gasteiger partial charge in [0.1, 0.15) is 5.58 Å². The Hall–Kier alpha value is -5.86. The first kappa shape index (κ1) is 25.5. The third kappa shape index (κ3) is 3.64. The van der Waals surface area contributed by atoms with Crippen molar-refractivity contribution in [1.29, 1.82) is 0 Å². The second-order valence-electron chi connectivity index (χ2n) is 12.4. The molecule has 2 heteroatoms. The number of furan rings is 1. The molecule has 0 unspecified atom stereocenters. The summed E-state index contributed by atoms with van der Waals surface area (Å²) in [6, 6.07) is 54.8. The van der Waals surface area contributed by atoms with E-state index in [-0.39, 0.29) is 0 Å². The summed E-state index contributed by atoms with van der Waals surface area (Å²) >= 11 is 0. The minimum Gasteiger partial charge on any atom is -0.454 e. The molecule has 0 saturated carbocycles. The lowest BCUT2D eigenvalue weighted by Gasteiger charge is -2.18. The van der Waals surface area contributed by atoms with Gasteiger partial charge in [-0.1, -0.05) is 127 Å². The second kappa shape index (κ2) is 9.82. The molecule has 0 fully saturated rings. The molecule has 0 aliphatic heterocycles. The van der Waals surface area contributed by atoms with Crippen molar-refractivity contribution in [3.05, 3.63) is 163 Å². The molecule has 216 valence electrons. The number of para-hydroxylation sites is 1. The Morgan fingerprint density at radius 1 is 0.435 bits per heavy atom. The highest BCUT2D eigenvalue weighted by atomic mass is 16.3. The summed E-state index contributed by atoms with van der Waals surface area (Å²) in [5.74, 6) is 1.00. The van der Waals surface area contributed by atoms with Crippen molar-refractivity contribution < 1.29 is 4.42 Å². The molecular formula is C44H29NO. The lowest BCUT2D eigenvalue weighted by atomic mass is 9.89. The van der Waals surface area contributed by atoms with E-state index in [0.717, 1.165) is 29.9 Å². The molecule has 0 bridgehead atoms. The van der Waals surface area contributed by atoms with Gasteiger partial charge in [-0.05, 0) is 81.1 Å². The minimum absolute atomic E-state index is 0.949. The van der Waals surface area contributed by atoms with Crippen LogP contribution in [0.25, 0.3) is 82.8 Å². The number of benzene rings is 7. The van der Waals surface area contributed by atoms with Gasteiger partial charge in [0, 0.05) is 27.4 Å². The maximum Gasteiger partial charge on any atom is 0.155 e. The van der Waals surface area contributed by atoms with Gasteiger partial charge in [0.2, 0.25) is 0 Å². The Kier molecular flexibility index (Phi) is 5.44. The van der Waals surface area contributed by atoms with Crippen LogP contribution in [-0.2, 0) is 12.8 Å². The molecule has 46 heavy (non-hydrogen) atoms. The average molecular weight is 588 g/mol. The van der Waals surface area contributed by atoms with Gasteiger partial charge < -0.3 is 8.98 Å². The number of aryl methyl sites for hydroxylation is 2. The molecule has 7 aromatic carbocycles. The monoisotopic (exact) mass is 587 g/mol. The topological polar surface area (TPSA) is 18.1 Å². The highest BCUT2D eigenvalue weighted by Crippen LogP contribution is 2.49. The second-order valence-corrected chi connectivity index (χ2v) is 12.4. The fourth-order valence-electron chi connectivity index (χ4n) is 7.87. The Bertz CT molecular complexity index is 2560. The molecule has 0 N–H and O–H groups in total. The van der Waals surface area contributed by atoms with Crippen molar-refractivity contribution in [3.63, 3.8) is 0 Å². The molecule has 2 aromatic heterocycles. The van der Waals surface area contributed by atoms with Gasteiger partial charge in [-0.25, -0.2) is 0 Å². The van der Waals surface area contributed by atoms with E-state index in [1.807, 2.05) is 0 Å². The minimum atomic E-state index is 0.949. The Morgan fingerprint density at radius 3 is 1.63 bits per heavy atom. The first-order chi connectivity index (χ1) is 22.8. The molecule has 9 aromatic rings. The summed E-state index contributed by atoms with van der Waals surface area (Å²) in [6.45, 7) is 0. The quantitative estimate of drug-likeness (QED) is 0.188. The van der Waals surface area contributed by atoms with Crippen LogP contribution in [0.3, 0.4) is 0 Å². The highest BCUT2D eigenvalue weighted by molar-refractivity contribution is 6.25. The molecule has 0 saturated heterocycles. The first-order valence-corrected chi connectivity index (χ1v) is 16.1. The number of fused-ring (bicyclic) bond motifs is 12. The molecule has 0 spiro atoms. The van der Waals surface area contributed by atoms with Crippen LogP contribution in [0.5, 0.6) is 0 Å². The third-order valence-electron chi connectivity index (χ3n) is 9.88. The van der Waals surface area contributed by atoms with Gasteiger partial charge in [-0.2, -0.15) is 0 Å². The number of rotatable bonds is 3. The van der Waals surface area contributed by atoms with E-state index in [9.17, 15) is 0 Å². The van der Waals surface area contributed by atoms with E-state index in [1.54, 1.807) is 0 Å². The average Bonchev–Trinajstić information content (AvgIpc) is 3.69. The summed E-state index contributed by atoms with van der Waals surface area (Å²) in [5.41, 5.74) is 12.0. The van der Waals surface area contributed by atoms with Crippen molar-refractivity contribution in [2.24, 2.45) is 0 Å². The summed E-state index contributed by atoms with van der Waals surface area (Å²) < 4.78 is 9.61. The summed E-state index contributed by atoms with van der Waals surface area (Å²) in [4.78, 5) is 0. The van der Waals surface area contributed by atoms with Gasteiger partial charge >= 0.3 is 0 Å². The predicted octanol–water partition coefficient (Wildman–Crippen LogP) is 11.8. The van der Waals surface area contributed by atoms with Gasteiger partial charge in [-0.15, -0.1) is 0 Å². The molecule has 10 rings (SSSR count). The van der Waals surface area contributed by atoms with Crippen molar-refractivity contribution in [3.8, 4) is 39.4 Å². The molecular weight excluding hydrogens is 558 g/mol. The van der Waals surface area contributed by atoms with Gasteiger partial charge in [0.15, 0.2) is 5.76 Å². The summed E-state index contributed by atoms with van der Waals surface area (Å²) in [5, 5.41) is 7.51. The molecule has 1 aliphatic carbocycles. The SMILES string of the molecule is c1ccc(-c2cc(-c3ccccc3)cc(-n3c4c(c5ccccc53)CCc3c-4oc4c5ccccc5c5ccccc5c34)c2)cc1. The zero-order valence-corrected chi connectivity index (χ0v) is 25.2. The van der Waals surface area contributed by atoms with Crippen molar-refractivity contribution in [2.45, 2.75) is 12.8 Å². The third-order valence-corrected chi connectivity index (χ3v) is 9.88. The van der Waals surface area contributed by atoms with Gasteiger partial charge in [0.05, 0.1) is 11.2 Å². The Balaban J connectivity index is 1.33. The fraction of sp³-hybridized carbons (Fsp3) is 0.0455. The Labute approximate surface area is 266 Å². The van der Waals surface area contributed by atoms with Crippen LogP contribution < -0.4 is 0 Å². The maximum atomic E-state index is 7.14. The predicted molar refractivity (Wildman–Crippen MR) is 192 cm³/mol. The van der Waals surface area contributed by atoms with Crippen LogP contribution in [0, 0.1) is 0 Å². The van der Waals surface area contributed by atoms with Crippen LogP contribution in [0.1, 0.15) is 11.1 Å². The number of nitrogens with zero attached hydrogens (tertiary/aromatic N) is 1. The Morgan fingerprint density at radius 2 is 0.957 bits per heavy atom. The van der Waals surface area contributed by atoms with Crippen molar-refractivity contribution in [1.82, 2.24) is 4.57 Å². The van der Waals surface area contributed by atoms with E-state index < -0.39 is 0 Å². The van der Waals surface area contributed by atoms with E-state index in [2.05, 4.69) is 156 Å². The van der Waals surface area contributed by atoms with Gasteiger partial charge in [0.25, 0.3) is 0 Å². The van der Waals surface area contributed by atoms with Crippen LogP contribution in [-0.4, -0.2) is 4.57 Å². The standard InChI is InChI=1S/C44H29NO/c1-3-13-28(14-4-1)30-25-31(29-15-5-2-6-16-29)27-32(26-30)45-40-22-12-11-19-35(40)37-23-24-39-41-36-20-9-7-17-33(36)34-18-8-10-21-38(34)43(41)46-44(39)42(37)45/h1-22,25-27H,23-24H2.